The molecule has 1 atom stereocenters. The normalized spacial score (nSPS) is 13.4. The lowest BCUT2D eigenvalue weighted by Gasteiger charge is -1.98. The fourth-order valence-electron chi connectivity index (χ4n) is 0.857. The Balaban J connectivity index is 2.64. The van der Waals surface area contributed by atoms with E-state index in [2.05, 4.69) is 18.8 Å². The molecular formula is C11H15NO. The minimum atomic E-state index is 0.280. The first-order valence-electron chi connectivity index (χ1n) is 4.55. The smallest absolute Gasteiger partial charge is 0.115 e. The average molecular weight is 177 g/mol. The second kappa shape index (κ2) is 4.65. The van der Waals surface area contributed by atoms with E-state index in [9.17, 15) is 0 Å². The van der Waals surface area contributed by atoms with Gasteiger partial charge in [0.25, 0.3) is 0 Å². The van der Waals surface area contributed by atoms with Crippen LogP contribution in [0.25, 0.3) is 0 Å². The lowest BCUT2D eigenvalue weighted by Crippen LogP contribution is -1.91. The molecule has 0 aliphatic rings. The van der Waals surface area contributed by atoms with Crippen molar-refractivity contribution in [2.45, 2.75) is 20.3 Å². The molecule has 0 bridgehead atoms. The summed E-state index contributed by atoms with van der Waals surface area (Å²) < 4.78 is 0. The second-order valence-corrected chi connectivity index (χ2v) is 3.18. The Morgan fingerprint density at radius 1 is 1.38 bits per heavy atom. The Morgan fingerprint density at radius 2 is 2.00 bits per heavy atom. The van der Waals surface area contributed by atoms with E-state index in [1.165, 1.54) is 0 Å². The summed E-state index contributed by atoms with van der Waals surface area (Å²) in [6.07, 6.45) is 3.04. The van der Waals surface area contributed by atoms with Gasteiger partial charge in [0.1, 0.15) is 5.75 Å². The molecule has 0 radical (unpaired) electrons. The van der Waals surface area contributed by atoms with E-state index in [0.717, 1.165) is 12.1 Å². The van der Waals surface area contributed by atoms with E-state index in [0.29, 0.717) is 5.92 Å². The number of phenols is 1. The van der Waals surface area contributed by atoms with Gasteiger partial charge in [0.15, 0.2) is 0 Å². The van der Waals surface area contributed by atoms with Crippen molar-refractivity contribution in [1.29, 1.82) is 0 Å². The summed E-state index contributed by atoms with van der Waals surface area (Å²) in [4.78, 5) is 4.28. The molecule has 0 spiro atoms. The van der Waals surface area contributed by atoms with Gasteiger partial charge in [0.2, 0.25) is 0 Å². The SMILES string of the molecule is CCC(C)C=Nc1ccc(O)cc1. The molecule has 0 saturated heterocycles. The predicted molar refractivity (Wildman–Crippen MR) is 55.7 cm³/mol. The zero-order valence-electron chi connectivity index (χ0n) is 8.07. The third kappa shape index (κ3) is 3.28. The summed E-state index contributed by atoms with van der Waals surface area (Å²) in [5.74, 6) is 0.788. The Morgan fingerprint density at radius 3 is 2.54 bits per heavy atom. The van der Waals surface area contributed by atoms with Gasteiger partial charge in [-0.05, 0) is 36.6 Å². The van der Waals surface area contributed by atoms with E-state index in [-0.39, 0.29) is 5.75 Å². The van der Waals surface area contributed by atoms with Crippen LogP contribution in [-0.4, -0.2) is 11.3 Å². The van der Waals surface area contributed by atoms with Crippen LogP contribution in [0.5, 0.6) is 5.75 Å². The van der Waals surface area contributed by atoms with Crippen LogP contribution in [0.3, 0.4) is 0 Å². The molecule has 2 nitrogen and oxygen atoms in total. The molecule has 70 valence electrons. The number of aromatic hydroxyl groups is 1. The van der Waals surface area contributed by atoms with E-state index in [1.54, 1.807) is 24.3 Å². The lowest BCUT2D eigenvalue weighted by molar-refractivity contribution is 0.475. The number of aliphatic imine (C=N–C) groups is 1. The highest BCUT2D eigenvalue weighted by Gasteiger charge is 1.92. The molecule has 1 aromatic carbocycles. The third-order valence-electron chi connectivity index (χ3n) is 1.97. The molecule has 0 amide bonds. The molecular weight excluding hydrogens is 162 g/mol. The minimum absolute atomic E-state index is 0.280. The molecule has 13 heavy (non-hydrogen) atoms. The molecule has 1 N–H and O–H groups in total. The van der Waals surface area contributed by atoms with Gasteiger partial charge in [-0.2, -0.15) is 0 Å². The highest BCUT2D eigenvalue weighted by molar-refractivity contribution is 5.65. The number of rotatable bonds is 3. The summed E-state index contributed by atoms with van der Waals surface area (Å²) in [7, 11) is 0. The van der Waals surface area contributed by atoms with Gasteiger partial charge in [-0.1, -0.05) is 13.8 Å². The fourth-order valence-corrected chi connectivity index (χ4v) is 0.857. The molecule has 0 aliphatic carbocycles. The first-order valence-corrected chi connectivity index (χ1v) is 4.55. The number of hydrogen-bond acceptors (Lipinski definition) is 2. The van der Waals surface area contributed by atoms with Crippen molar-refractivity contribution in [3.63, 3.8) is 0 Å². The van der Waals surface area contributed by atoms with Crippen molar-refractivity contribution >= 4 is 11.9 Å². The summed E-state index contributed by atoms with van der Waals surface area (Å²) in [5, 5.41) is 9.03. The van der Waals surface area contributed by atoms with Gasteiger partial charge in [0.05, 0.1) is 5.69 Å². The minimum Gasteiger partial charge on any atom is -0.508 e. The van der Waals surface area contributed by atoms with Crippen LogP contribution in [0, 0.1) is 5.92 Å². The summed E-state index contributed by atoms with van der Waals surface area (Å²) in [5.41, 5.74) is 0.887. The fraction of sp³-hybridized carbons (Fsp3) is 0.364. The van der Waals surface area contributed by atoms with Crippen LogP contribution in [0.15, 0.2) is 29.3 Å². The molecule has 0 saturated carbocycles. The number of nitrogens with zero attached hydrogens (tertiary/aromatic N) is 1. The zero-order valence-corrected chi connectivity index (χ0v) is 8.07. The summed E-state index contributed by atoms with van der Waals surface area (Å²) in [6.45, 7) is 4.26. The largest absolute Gasteiger partial charge is 0.508 e. The van der Waals surface area contributed by atoms with Gasteiger partial charge in [-0.15, -0.1) is 0 Å². The monoisotopic (exact) mass is 177 g/mol. The van der Waals surface area contributed by atoms with Crippen LogP contribution >= 0.6 is 0 Å². The Kier molecular flexibility index (Phi) is 3.50. The maximum absolute atomic E-state index is 9.03. The summed E-state index contributed by atoms with van der Waals surface area (Å²) in [6, 6.07) is 6.88. The van der Waals surface area contributed by atoms with Crippen LogP contribution in [0.2, 0.25) is 0 Å². The standard InChI is InChI=1S/C11H15NO/c1-3-9(2)8-12-10-4-6-11(13)7-5-10/h4-9,13H,3H2,1-2H3. The van der Waals surface area contributed by atoms with Gasteiger partial charge in [0, 0.05) is 6.21 Å². The summed E-state index contributed by atoms with van der Waals surface area (Å²) >= 11 is 0. The van der Waals surface area contributed by atoms with Crippen LogP contribution < -0.4 is 0 Å². The molecule has 0 heterocycles. The zero-order chi connectivity index (χ0) is 9.68. The Bertz CT molecular complexity index is 277. The quantitative estimate of drug-likeness (QED) is 0.707. The third-order valence-corrected chi connectivity index (χ3v) is 1.97. The van der Waals surface area contributed by atoms with Crippen LogP contribution in [-0.2, 0) is 0 Å². The highest BCUT2D eigenvalue weighted by atomic mass is 16.3. The van der Waals surface area contributed by atoms with Crippen LogP contribution in [0.4, 0.5) is 5.69 Å². The van der Waals surface area contributed by atoms with Gasteiger partial charge < -0.3 is 5.11 Å². The molecule has 0 fully saturated rings. The molecule has 0 aromatic heterocycles. The topological polar surface area (TPSA) is 32.6 Å². The average Bonchev–Trinajstić information content (AvgIpc) is 2.16. The van der Waals surface area contributed by atoms with E-state index < -0.39 is 0 Å². The van der Waals surface area contributed by atoms with Crippen molar-refractivity contribution in [2.24, 2.45) is 10.9 Å². The van der Waals surface area contributed by atoms with E-state index in [1.807, 2.05) is 6.21 Å². The highest BCUT2D eigenvalue weighted by Crippen LogP contribution is 2.16. The molecule has 2 heteroatoms. The molecule has 0 aliphatic heterocycles. The number of hydrogen-bond donors (Lipinski definition) is 1. The Labute approximate surface area is 78.9 Å². The molecule has 1 aromatic rings. The van der Waals surface area contributed by atoms with Crippen molar-refractivity contribution in [2.75, 3.05) is 0 Å². The first kappa shape index (κ1) is 9.78. The Hall–Kier alpha value is -1.31. The maximum Gasteiger partial charge on any atom is 0.115 e. The number of phenolic OH excluding ortho intramolecular Hbond substituents is 1. The lowest BCUT2D eigenvalue weighted by atomic mass is 10.1. The molecule has 1 unspecified atom stereocenters. The van der Waals surface area contributed by atoms with Crippen molar-refractivity contribution in [3.05, 3.63) is 24.3 Å². The molecule has 1 rings (SSSR count). The van der Waals surface area contributed by atoms with Crippen molar-refractivity contribution < 1.29 is 5.11 Å². The predicted octanol–water partition coefficient (Wildman–Crippen LogP) is 3.14. The van der Waals surface area contributed by atoms with Gasteiger partial charge in [-0.3, -0.25) is 4.99 Å². The van der Waals surface area contributed by atoms with E-state index in [4.69, 9.17) is 5.11 Å². The number of benzene rings is 1. The second-order valence-electron chi connectivity index (χ2n) is 3.18. The van der Waals surface area contributed by atoms with Gasteiger partial charge >= 0.3 is 0 Å². The first-order chi connectivity index (χ1) is 6.22. The van der Waals surface area contributed by atoms with E-state index >= 15 is 0 Å². The van der Waals surface area contributed by atoms with Gasteiger partial charge in [-0.25, -0.2) is 0 Å². The van der Waals surface area contributed by atoms with Crippen molar-refractivity contribution in [1.82, 2.24) is 0 Å². The maximum atomic E-state index is 9.03. The van der Waals surface area contributed by atoms with Crippen molar-refractivity contribution in [3.8, 4) is 5.75 Å². The van der Waals surface area contributed by atoms with Crippen LogP contribution in [0.1, 0.15) is 20.3 Å².